The van der Waals surface area contributed by atoms with Crippen LogP contribution in [0.15, 0.2) is 18.2 Å². The van der Waals surface area contributed by atoms with Crippen LogP contribution in [0.4, 0.5) is 5.69 Å². The van der Waals surface area contributed by atoms with E-state index < -0.39 is 0 Å². The minimum absolute atomic E-state index is 0.166. The summed E-state index contributed by atoms with van der Waals surface area (Å²) < 4.78 is 0. The number of carbonyl (C=O) groups is 1. The molecule has 0 saturated heterocycles. The molecule has 0 atom stereocenters. The van der Waals surface area contributed by atoms with Crippen LogP contribution in [-0.2, 0) is 24.1 Å². The Labute approximate surface area is 110 Å². The number of anilines is 1. The minimum atomic E-state index is 0.166. The zero-order chi connectivity index (χ0) is 13.2. The highest BCUT2D eigenvalue weighted by Crippen LogP contribution is 2.28. The third-order valence-corrected chi connectivity index (χ3v) is 3.48. The predicted octanol–water partition coefficient (Wildman–Crippen LogP) is 0.894. The van der Waals surface area contributed by atoms with Crippen molar-refractivity contribution < 1.29 is 4.79 Å². The highest BCUT2D eigenvalue weighted by molar-refractivity contribution is 6.00. The molecule has 6 nitrogen and oxygen atoms in total. The second-order valence-electron chi connectivity index (χ2n) is 4.77. The van der Waals surface area contributed by atoms with Crippen molar-refractivity contribution in [1.82, 2.24) is 20.6 Å². The number of aryl methyl sites for hydroxylation is 2. The van der Waals surface area contributed by atoms with Crippen molar-refractivity contribution in [2.45, 2.75) is 25.7 Å². The van der Waals surface area contributed by atoms with Crippen LogP contribution < -0.4 is 4.90 Å². The standard InChI is InChI=1S/C13H15N5O/c1-18-11-6-5-9(7-10(11)8-13(18)19)3-2-4-12-14-16-17-15-12/h5-7H,2-4,8H2,1H3,(H,14,15,16,17). The molecule has 0 saturated carbocycles. The van der Waals surface area contributed by atoms with Crippen LogP contribution >= 0.6 is 0 Å². The molecule has 19 heavy (non-hydrogen) atoms. The third kappa shape index (κ3) is 2.33. The molecule has 2 aromatic rings. The molecule has 1 aliphatic heterocycles. The van der Waals surface area contributed by atoms with Crippen LogP contribution in [-0.4, -0.2) is 33.6 Å². The van der Waals surface area contributed by atoms with Crippen LogP contribution in [0.25, 0.3) is 0 Å². The number of rotatable bonds is 4. The number of nitrogens with one attached hydrogen (secondary N) is 1. The lowest BCUT2D eigenvalue weighted by Crippen LogP contribution is -2.20. The van der Waals surface area contributed by atoms with E-state index in [-0.39, 0.29) is 5.91 Å². The van der Waals surface area contributed by atoms with Crippen LogP contribution in [0.2, 0.25) is 0 Å². The summed E-state index contributed by atoms with van der Waals surface area (Å²) in [7, 11) is 1.82. The largest absolute Gasteiger partial charge is 0.315 e. The summed E-state index contributed by atoms with van der Waals surface area (Å²) in [5.74, 6) is 0.912. The van der Waals surface area contributed by atoms with Crippen LogP contribution in [0, 0.1) is 0 Å². The fourth-order valence-corrected chi connectivity index (χ4v) is 2.42. The van der Waals surface area contributed by atoms with Crippen LogP contribution in [0.5, 0.6) is 0 Å². The van der Waals surface area contributed by atoms with Crippen molar-refractivity contribution in [2.24, 2.45) is 0 Å². The number of nitrogens with zero attached hydrogens (tertiary/aromatic N) is 4. The normalized spacial score (nSPS) is 13.9. The van der Waals surface area contributed by atoms with Gasteiger partial charge in [0, 0.05) is 19.2 Å². The van der Waals surface area contributed by atoms with Gasteiger partial charge in [-0.05, 0) is 30.0 Å². The molecule has 98 valence electrons. The molecule has 1 aliphatic rings. The molecular weight excluding hydrogens is 242 g/mol. The quantitative estimate of drug-likeness (QED) is 0.882. The zero-order valence-corrected chi connectivity index (χ0v) is 10.8. The molecule has 0 fully saturated rings. The van der Waals surface area contributed by atoms with E-state index in [0.29, 0.717) is 6.42 Å². The van der Waals surface area contributed by atoms with E-state index in [1.807, 2.05) is 13.1 Å². The molecule has 1 amide bonds. The molecule has 1 N–H and O–H groups in total. The van der Waals surface area contributed by atoms with E-state index in [9.17, 15) is 4.79 Å². The van der Waals surface area contributed by atoms with Crippen molar-refractivity contribution in [1.29, 1.82) is 0 Å². The zero-order valence-electron chi connectivity index (χ0n) is 10.8. The second-order valence-corrected chi connectivity index (χ2v) is 4.77. The van der Waals surface area contributed by atoms with Gasteiger partial charge in [-0.2, -0.15) is 5.21 Å². The van der Waals surface area contributed by atoms with Crippen LogP contribution in [0.3, 0.4) is 0 Å². The Bertz CT molecular complexity index is 593. The van der Waals surface area contributed by atoms with E-state index in [0.717, 1.165) is 36.3 Å². The molecule has 0 unspecified atom stereocenters. The topological polar surface area (TPSA) is 74.8 Å². The highest BCUT2D eigenvalue weighted by atomic mass is 16.2. The fourth-order valence-electron chi connectivity index (χ4n) is 2.42. The van der Waals surface area contributed by atoms with Gasteiger partial charge in [-0.15, -0.1) is 10.2 Å². The van der Waals surface area contributed by atoms with Crippen molar-refractivity contribution in [3.63, 3.8) is 0 Å². The Morgan fingerprint density at radius 3 is 3.05 bits per heavy atom. The Morgan fingerprint density at radius 1 is 1.37 bits per heavy atom. The maximum Gasteiger partial charge on any atom is 0.231 e. The number of hydrogen-bond acceptors (Lipinski definition) is 4. The molecule has 6 heteroatoms. The SMILES string of the molecule is CN1C(=O)Cc2cc(CCCc3nn[nH]n3)ccc21. The van der Waals surface area contributed by atoms with Gasteiger partial charge < -0.3 is 4.90 Å². The molecule has 2 heterocycles. The monoisotopic (exact) mass is 257 g/mol. The lowest BCUT2D eigenvalue weighted by Gasteiger charge is -2.10. The van der Waals surface area contributed by atoms with E-state index in [2.05, 4.69) is 32.8 Å². The Balaban J connectivity index is 1.64. The predicted molar refractivity (Wildman–Crippen MR) is 69.8 cm³/mol. The summed E-state index contributed by atoms with van der Waals surface area (Å²) in [6, 6.07) is 6.25. The lowest BCUT2D eigenvalue weighted by atomic mass is 10.0. The molecule has 3 rings (SSSR count). The first-order chi connectivity index (χ1) is 9.24. The summed E-state index contributed by atoms with van der Waals surface area (Å²) in [6.45, 7) is 0. The van der Waals surface area contributed by atoms with E-state index in [4.69, 9.17) is 0 Å². The molecular formula is C13H15N5O. The van der Waals surface area contributed by atoms with Gasteiger partial charge in [0.1, 0.15) is 0 Å². The van der Waals surface area contributed by atoms with Gasteiger partial charge >= 0.3 is 0 Å². The number of carbonyl (C=O) groups excluding carboxylic acids is 1. The molecule has 1 aromatic carbocycles. The maximum atomic E-state index is 11.6. The van der Waals surface area contributed by atoms with E-state index in [1.165, 1.54) is 5.56 Å². The summed E-state index contributed by atoms with van der Waals surface area (Å²) in [4.78, 5) is 13.3. The summed E-state index contributed by atoms with van der Waals surface area (Å²) in [6.07, 6.45) is 3.26. The molecule has 0 radical (unpaired) electrons. The number of H-pyrrole nitrogens is 1. The van der Waals surface area contributed by atoms with Gasteiger partial charge in [0.25, 0.3) is 0 Å². The van der Waals surface area contributed by atoms with Gasteiger partial charge in [-0.25, -0.2) is 0 Å². The van der Waals surface area contributed by atoms with Crippen LogP contribution in [0.1, 0.15) is 23.4 Å². The number of benzene rings is 1. The lowest BCUT2D eigenvalue weighted by molar-refractivity contribution is -0.117. The molecule has 1 aromatic heterocycles. The van der Waals surface area contributed by atoms with Crippen molar-refractivity contribution in [3.8, 4) is 0 Å². The molecule has 0 bridgehead atoms. The van der Waals surface area contributed by atoms with Gasteiger partial charge in [0.05, 0.1) is 6.42 Å². The average Bonchev–Trinajstić information content (AvgIpc) is 3.00. The second kappa shape index (κ2) is 4.79. The highest BCUT2D eigenvalue weighted by Gasteiger charge is 2.23. The number of amides is 1. The summed E-state index contributed by atoms with van der Waals surface area (Å²) in [5.41, 5.74) is 3.42. The Morgan fingerprint density at radius 2 is 2.26 bits per heavy atom. The first-order valence-electron chi connectivity index (χ1n) is 6.35. The number of aromatic nitrogens is 4. The van der Waals surface area contributed by atoms with E-state index in [1.54, 1.807) is 4.90 Å². The number of tetrazole rings is 1. The Kier molecular flexibility index (Phi) is 2.98. The Hall–Kier alpha value is -2.24. The third-order valence-electron chi connectivity index (χ3n) is 3.48. The van der Waals surface area contributed by atoms with Gasteiger partial charge in [0.15, 0.2) is 5.82 Å². The number of hydrogen-bond donors (Lipinski definition) is 1. The number of fused-ring (bicyclic) bond motifs is 1. The maximum absolute atomic E-state index is 11.6. The number of aromatic amines is 1. The van der Waals surface area contributed by atoms with E-state index >= 15 is 0 Å². The van der Waals surface area contributed by atoms with Gasteiger partial charge in [0.2, 0.25) is 5.91 Å². The minimum Gasteiger partial charge on any atom is -0.315 e. The fraction of sp³-hybridized carbons (Fsp3) is 0.385. The summed E-state index contributed by atoms with van der Waals surface area (Å²) in [5, 5.41) is 13.8. The van der Waals surface area contributed by atoms with Gasteiger partial charge in [-0.3, -0.25) is 4.79 Å². The number of likely N-dealkylation sites (N-methyl/N-ethyl adjacent to an activating group) is 1. The summed E-state index contributed by atoms with van der Waals surface area (Å²) >= 11 is 0. The average molecular weight is 257 g/mol. The first kappa shape index (κ1) is 11.8. The van der Waals surface area contributed by atoms with Crippen molar-refractivity contribution in [3.05, 3.63) is 35.2 Å². The van der Waals surface area contributed by atoms with Crippen molar-refractivity contribution in [2.75, 3.05) is 11.9 Å². The van der Waals surface area contributed by atoms with Gasteiger partial charge in [-0.1, -0.05) is 17.3 Å². The first-order valence-corrected chi connectivity index (χ1v) is 6.35. The smallest absolute Gasteiger partial charge is 0.231 e. The van der Waals surface area contributed by atoms with Crippen molar-refractivity contribution >= 4 is 11.6 Å². The molecule has 0 aliphatic carbocycles. The molecule has 0 spiro atoms.